The third kappa shape index (κ3) is 3.30. The van der Waals surface area contributed by atoms with E-state index in [0.717, 1.165) is 0 Å². The smallest absolute Gasteiger partial charge is 0.258 e. The molecular formula is C13H13ClN4O3. The van der Waals surface area contributed by atoms with Crippen LogP contribution in [-0.4, -0.2) is 27.8 Å². The predicted octanol–water partition coefficient (Wildman–Crippen LogP) is 2.47. The summed E-state index contributed by atoms with van der Waals surface area (Å²) in [6.07, 6.45) is 3.78. The van der Waals surface area contributed by atoms with Crippen LogP contribution >= 0.6 is 11.6 Å². The standard InChI is InChI=1S/C13H13ClN4O3/c1-7-11(18-21-17-7)16-12(19)9-4-10(14)13(15-5-9)20-6-8-2-3-8/h4-5,8H,2-3,6H2,1H3,(H,16,18,19). The average Bonchev–Trinajstić information content (AvgIpc) is 3.21. The summed E-state index contributed by atoms with van der Waals surface area (Å²) in [4.78, 5) is 16.1. The van der Waals surface area contributed by atoms with E-state index in [-0.39, 0.29) is 5.82 Å². The minimum atomic E-state index is -0.392. The van der Waals surface area contributed by atoms with Crippen LogP contribution in [0.2, 0.25) is 5.02 Å². The van der Waals surface area contributed by atoms with Crippen molar-refractivity contribution in [2.45, 2.75) is 19.8 Å². The fraction of sp³-hybridized carbons (Fsp3) is 0.385. The Balaban J connectivity index is 1.68. The predicted molar refractivity (Wildman–Crippen MR) is 74.5 cm³/mol. The Morgan fingerprint density at radius 3 is 2.95 bits per heavy atom. The summed E-state index contributed by atoms with van der Waals surface area (Å²) in [6, 6.07) is 1.51. The lowest BCUT2D eigenvalue weighted by atomic mass is 10.2. The number of anilines is 1. The van der Waals surface area contributed by atoms with Crippen molar-refractivity contribution >= 4 is 23.3 Å². The van der Waals surface area contributed by atoms with E-state index in [1.165, 1.54) is 25.1 Å². The van der Waals surface area contributed by atoms with Gasteiger partial charge in [-0.15, -0.1) is 0 Å². The maximum atomic E-state index is 12.0. The van der Waals surface area contributed by atoms with Crippen molar-refractivity contribution in [1.82, 2.24) is 15.3 Å². The highest BCUT2D eigenvalue weighted by Crippen LogP contribution is 2.31. The third-order valence-corrected chi connectivity index (χ3v) is 3.38. The molecule has 0 atom stereocenters. The molecule has 21 heavy (non-hydrogen) atoms. The molecule has 0 saturated heterocycles. The minimum Gasteiger partial charge on any atom is -0.476 e. The maximum absolute atomic E-state index is 12.0. The number of aryl methyl sites for hydroxylation is 1. The number of aromatic nitrogens is 3. The fourth-order valence-electron chi connectivity index (χ4n) is 1.66. The highest BCUT2D eigenvalue weighted by atomic mass is 35.5. The highest BCUT2D eigenvalue weighted by molar-refractivity contribution is 6.32. The fourth-order valence-corrected chi connectivity index (χ4v) is 1.88. The van der Waals surface area contributed by atoms with E-state index in [9.17, 15) is 4.79 Å². The Kier molecular flexibility index (Phi) is 3.74. The minimum absolute atomic E-state index is 0.269. The number of amides is 1. The normalized spacial score (nSPS) is 14.0. The van der Waals surface area contributed by atoms with E-state index < -0.39 is 5.91 Å². The van der Waals surface area contributed by atoms with Crippen LogP contribution in [-0.2, 0) is 0 Å². The Bertz CT molecular complexity index is 669. The summed E-state index contributed by atoms with van der Waals surface area (Å²) in [6.45, 7) is 2.29. The number of carbonyl (C=O) groups is 1. The summed E-state index contributed by atoms with van der Waals surface area (Å²) >= 11 is 6.08. The van der Waals surface area contributed by atoms with E-state index in [0.29, 0.717) is 34.7 Å². The van der Waals surface area contributed by atoms with E-state index in [2.05, 4.69) is 25.2 Å². The number of rotatable bonds is 5. The Labute approximate surface area is 125 Å². The zero-order chi connectivity index (χ0) is 14.8. The molecule has 110 valence electrons. The van der Waals surface area contributed by atoms with Crippen molar-refractivity contribution in [2.24, 2.45) is 5.92 Å². The third-order valence-electron chi connectivity index (χ3n) is 3.11. The lowest BCUT2D eigenvalue weighted by Gasteiger charge is -2.07. The van der Waals surface area contributed by atoms with Crippen LogP contribution in [0.1, 0.15) is 28.9 Å². The molecule has 0 radical (unpaired) electrons. The van der Waals surface area contributed by atoms with Crippen LogP contribution in [0, 0.1) is 12.8 Å². The van der Waals surface area contributed by atoms with Gasteiger partial charge in [0.05, 0.1) is 12.2 Å². The van der Waals surface area contributed by atoms with Crippen LogP contribution in [0.15, 0.2) is 16.9 Å². The first-order valence-electron chi connectivity index (χ1n) is 6.52. The van der Waals surface area contributed by atoms with Gasteiger partial charge in [0.2, 0.25) is 11.7 Å². The van der Waals surface area contributed by atoms with Crippen molar-refractivity contribution in [3.8, 4) is 5.88 Å². The lowest BCUT2D eigenvalue weighted by molar-refractivity contribution is 0.102. The van der Waals surface area contributed by atoms with Crippen molar-refractivity contribution in [3.05, 3.63) is 28.5 Å². The van der Waals surface area contributed by atoms with Crippen molar-refractivity contribution in [3.63, 3.8) is 0 Å². The second kappa shape index (κ2) is 5.69. The summed E-state index contributed by atoms with van der Waals surface area (Å²) in [5.74, 6) is 0.829. The van der Waals surface area contributed by atoms with Gasteiger partial charge < -0.3 is 10.1 Å². The number of nitrogens with zero attached hydrogens (tertiary/aromatic N) is 3. The lowest BCUT2D eigenvalue weighted by Crippen LogP contribution is -2.13. The molecule has 2 aromatic rings. The van der Waals surface area contributed by atoms with Gasteiger partial charge in [0.15, 0.2) is 0 Å². The SMILES string of the molecule is Cc1nonc1NC(=O)c1cnc(OCC2CC2)c(Cl)c1. The van der Waals surface area contributed by atoms with Gasteiger partial charge >= 0.3 is 0 Å². The largest absolute Gasteiger partial charge is 0.476 e. The molecule has 3 rings (SSSR count). The number of hydrogen-bond donors (Lipinski definition) is 1. The molecule has 1 aliphatic carbocycles. The van der Waals surface area contributed by atoms with Gasteiger partial charge in [0.1, 0.15) is 10.7 Å². The van der Waals surface area contributed by atoms with Gasteiger partial charge in [0.25, 0.3) is 5.91 Å². The molecule has 0 aromatic carbocycles. The Morgan fingerprint density at radius 1 is 1.52 bits per heavy atom. The molecule has 0 bridgehead atoms. The van der Waals surface area contributed by atoms with Gasteiger partial charge in [-0.05, 0) is 36.9 Å². The first-order valence-corrected chi connectivity index (χ1v) is 6.90. The van der Waals surface area contributed by atoms with E-state index in [4.69, 9.17) is 16.3 Å². The molecule has 1 aliphatic rings. The maximum Gasteiger partial charge on any atom is 0.258 e. The molecule has 1 saturated carbocycles. The molecular weight excluding hydrogens is 296 g/mol. The van der Waals surface area contributed by atoms with Crippen LogP contribution in [0.4, 0.5) is 5.82 Å². The molecule has 2 aromatic heterocycles. The first-order chi connectivity index (χ1) is 10.1. The molecule has 1 amide bonds. The summed E-state index contributed by atoms with van der Waals surface area (Å²) in [7, 11) is 0. The topological polar surface area (TPSA) is 90.1 Å². The van der Waals surface area contributed by atoms with Gasteiger partial charge in [0, 0.05) is 6.20 Å². The molecule has 1 N–H and O–H groups in total. The van der Waals surface area contributed by atoms with Crippen LogP contribution in [0.25, 0.3) is 0 Å². The van der Waals surface area contributed by atoms with Crippen LogP contribution < -0.4 is 10.1 Å². The number of carbonyl (C=O) groups excluding carboxylic acids is 1. The second-order valence-electron chi connectivity index (χ2n) is 4.92. The Morgan fingerprint density at radius 2 is 2.33 bits per heavy atom. The first kappa shape index (κ1) is 13.8. The second-order valence-corrected chi connectivity index (χ2v) is 5.32. The average molecular weight is 309 g/mol. The summed E-state index contributed by atoms with van der Waals surface area (Å²) < 4.78 is 10.0. The molecule has 0 spiro atoms. The molecule has 0 unspecified atom stereocenters. The van der Waals surface area contributed by atoms with Gasteiger partial charge in [-0.3, -0.25) is 4.79 Å². The molecule has 8 heteroatoms. The molecule has 0 aliphatic heterocycles. The quantitative estimate of drug-likeness (QED) is 0.912. The zero-order valence-electron chi connectivity index (χ0n) is 11.3. The zero-order valence-corrected chi connectivity index (χ0v) is 12.1. The van der Waals surface area contributed by atoms with Crippen molar-refractivity contribution in [2.75, 3.05) is 11.9 Å². The van der Waals surface area contributed by atoms with Crippen molar-refractivity contribution in [1.29, 1.82) is 0 Å². The number of ether oxygens (including phenoxy) is 1. The van der Waals surface area contributed by atoms with Crippen molar-refractivity contribution < 1.29 is 14.2 Å². The highest BCUT2D eigenvalue weighted by Gasteiger charge is 2.23. The summed E-state index contributed by atoms with van der Waals surface area (Å²) in [5.41, 5.74) is 0.799. The van der Waals surface area contributed by atoms with Gasteiger partial charge in [-0.1, -0.05) is 16.8 Å². The van der Waals surface area contributed by atoms with E-state index in [1.807, 2.05) is 0 Å². The van der Waals surface area contributed by atoms with E-state index in [1.54, 1.807) is 6.92 Å². The number of pyridine rings is 1. The molecule has 7 nitrogen and oxygen atoms in total. The molecule has 2 heterocycles. The number of hydrogen-bond acceptors (Lipinski definition) is 6. The van der Waals surface area contributed by atoms with Gasteiger partial charge in [-0.25, -0.2) is 9.61 Å². The van der Waals surface area contributed by atoms with Crippen LogP contribution in [0.3, 0.4) is 0 Å². The monoisotopic (exact) mass is 308 g/mol. The molecule has 1 fully saturated rings. The number of halogens is 1. The van der Waals surface area contributed by atoms with Gasteiger partial charge in [-0.2, -0.15) is 0 Å². The van der Waals surface area contributed by atoms with Crippen LogP contribution in [0.5, 0.6) is 5.88 Å². The number of nitrogens with one attached hydrogen (secondary N) is 1. The van der Waals surface area contributed by atoms with E-state index >= 15 is 0 Å². The Hall–Kier alpha value is -2.15. The summed E-state index contributed by atoms with van der Waals surface area (Å²) in [5, 5.41) is 10.0.